The van der Waals surface area contributed by atoms with E-state index in [1.807, 2.05) is 24.8 Å². The third-order valence-electron chi connectivity index (χ3n) is 2.45. The average molecular weight is 312 g/mol. The fourth-order valence-electron chi connectivity index (χ4n) is 1.75. The van der Waals surface area contributed by atoms with Crippen molar-refractivity contribution in [3.63, 3.8) is 0 Å². The zero-order chi connectivity index (χ0) is 11.8. The summed E-state index contributed by atoms with van der Waals surface area (Å²) in [6.07, 6.45) is 5.70. The van der Waals surface area contributed by atoms with Crippen LogP contribution < -0.4 is 5.32 Å². The molecule has 7 heteroatoms. The molecule has 0 radical (unpaired) electrons. The molecule has 0 unspecified atom stereocenters. The first-order valence-electron chi connectivity index (χ1n) is 5.09. The highest BCUT2D eigenvalue weighted by molar-refractivity contribution is 9.10. The summed E-state index contributed by atoms with van der Waals surface area (Å²) in [6, 6.07) is 0. The second-order valence-corrected chi connectivity index (χ2v) is 5.36. The third-order valence-corrected chi connectivity index (χ3v) is 3.62. The summed E-state index contributed by atoms with van der Waals surface area (Å²) in [7, 11) is 1.93. The van der Waals surface area contributed by atoms with Crippen molar-refractivity contribution in [2.75, 3.05) is 7.05 Å². The fraction of sp³-hybridized carbons (Fsp3) is 0.200. The predicted molar refractivity (Wildman–Crippen MR) is 70.7 cm³/mol. The first-order valence-corrected chi connectivity index (χ1v) is 6.76. The van der Waals surface area contributed by atoms with E-state index < -0.39 is 0 Å². The van der Waals surface area contributed by atoms with Gasteiger partial charge >= 0.3 is 0 Å². The quantitative estimate of drug-likeness (QED) is 0.805. The van der Waals surface area contributed by atoms with Crippen LogP contribution in [0.15, 0.2) is 28.4 Å². The molecule has 1 N–H and O–H groups in total. The van der Waals surface area contributed by atoms with E-state index in [-0.39, 0.29) is 0 Å². The predicted octanol–water partition coefficient (Wildman–Crippen LogP) is 2.06. The highest BCUT2D eigenvalue weighted by atomic mass is 79.9. The molecule has 5 nitrogen and oxygen atoms in total. The topological polar surface area (TPSA) is 47.2 Å². The molecule has 3 aromatic heterocycles. The smallest absolute Gasteiger partial charge is 0.196 e. The first-order chi connectivity index (χ1) is 8.29. The van der Waals surface area contributed by atoms with Crippen molar-refractivity contribution >= 4 is 32.2 Å². The number of nitrogens with one attached hydrogen (secondary N) is 1. The van der Waals surface area contributed by atoms with Gasteiger partial charge in [-0.25, -0.2) is 4.68 Å². The Hall–Kier alpha value is -1.18. The van der Waals surface area contributed by atoms with Gasteiger partial charge in [0.1, 0.15) is 0 Å². The summed E-state index contributed by atoms with van der Waals surface area (Å²) in [6.45, 7) is 0.755. The Morgan fingerprint density at radius 2 is 2.41 bits per heavy atom. The Kier molecular flexibility index (Phi) is 2.73. The Morgan fingerprint density at radius 3 is 3.12 bits per heavy atom. The molecule has 0 aliphatic rings. The number of hydrogen-bond acceptors (Lipinski definition) is 4. The van der Waals surface area contributed by atoms with E-state index >= 15 is 0 Å². The van der Waals surface area contributed by atoms with Crippen LogP contribution in [0.3, 0.4) is 0 Å². The standard InChI is InChI=1S/C10H10BrN5S/c1-12-5-8-9(16-6-7(11)4-13-16)14-10-15(8)2-3-17-10/h2-4,6,12H,5H2,1H3. The highest BCUT2D eigenvalue weighted by Gasteiger charge is 2.14. The van der Waals surface area contributed by atoms with Gasteiger partial charge in [-0.2, -0.15) is 10.1 Å². The van der Waals surface area contributed by atoms with Gasteiger partial charge < -0.3 is 5.32 Å². The molecule has 0 aliphatic heterocycles. The molecule has 3 aromatic rings. The van der Waals surface area contributed by atoms with Crippen molar-refractivity contribution < 1.29 is 0 Å². The number of aromatic nitrogens is 4. The van der Waals surface area contributed by atoms with Gasteiger partial charge in [0.05, 0.1) is 16.4 Å². The van der Waals surface area contributed by atoms with Gasteiger partial charge in [0.25, 0.3) is 0 Å². The summed E-state index contributed by atoms with van der Waals surface area (Å²) in [5, 5.41) is 9.47. The van der Waals surface area contributed by atoms with E-state index in [4.69, 9.17) is 0 Å². The molecule has 3 heterocycles. The third kappa shape index (κ3) is 1.80. The van der Waals surface area contributed by atoms with Crippen LogP contribution in [0.25, 0.3) is 10.8 Å². The maximum atomic E-state index is 4.60. The Morgan fingerprint density at radius 1 is 1.53 bits per heavy atom. The zero-order valence-corrected chi connectivity index (χ0v) is 11.5. The maximum absolute atomic E-state index is 4.60. The number of halogens is 1. The lowest BCUT2D eigenvalue weighted by Gasteiger charge is -2.02. The summed E-state index contributed by atoms with van der Waals surface area (Å²) in [5.41, 5.74) is 1.11. The molecular formula is C10H10BrN5S. The van der Waals surface area contributed by atoms with Crippen LogP contribution in [0.2, 0.25) is 0 Å². The second kappa shape index (κ2) is 4.25. The molecule has 0 saturated heterocycles. The SMILES string of the molecule is CNCc1c(-n2cc(Br)cn2)nc2sccn12. The Labute approximate surface area is 110 Å². The molecule has 0 aliphatic carbocycles. The molecule has 0 bridgehead atoms. The normalized spacial score (nSPS) is 11.4. The van der Waals surface area contributed by atoms with Crippen LogP contribution in [0, 0.1) is 0 Å². The molecule has 0 fully saturated rings. The molecule has 0 saturated carbocycles. The van der Waals surface area contributed by atoms with Gasteiger partial charge in [0.15, 0.2) is 10.8 Å². The van der Waals surface area contributed by atoms with Crippen molar-refractivity contribution in [3.05, 3.63) is 34.1 Å². The van der Waals surface area contributed by atoms with Crippen LogP contribution in [-0.4, -0.2) is 26.2 Å². The number of nitrogens with zero attached hydrogens (tertiary/aromatic N) is 4. The maximum Gasteiger partial charge on any atom is 0.196 e. The van der Waals surface area contributed by atoms with Crippen molar-refractivity contribution in [1.82, 2.24) is 24.5 Å². The number of hydrogen-bond donors (Lipinski definition) is 1. The van der Waals surface area contributed by atoms with E-state index in [1.165, 1.54) is 0 Å². The first kappa shape index (κ1) is 10.9. The van der Waals surface area contributed by atoms with Gasteiger partial charge in [-0.15, -0.1) is 11.3 Å². The van der Waals surface area contributed by atoms with E-state index in [0.717, 1.165) is 27.5 Å². The van der Waals surface area contributed by atoms with Gasteiger partial charge in [0.2, 0.25) is 0 Å². The number of rotatable bonds is 3. The van der Waals surface area contributed by atoms with Crippen LogP contribution in [0.5, 0.6) is 0 Å². The van der Waals surface area contributed by atoms with Gasteiger partial charge in [-0.3, -0.25) is 4.40 Å². The zero-order valence-electron chi connectivity index (χ0n) is 9.09. The van der Waals surface area contributed by atoms with Crippen molar-refractivity contribution in [2.24, 2.45) is 0 Å². The molecule has 0 spiro atoms. The molecular weight excluding hydrogens is 302 g/mol. The molecule has 88 valence electrons. The molecule has 0 amide bonds. The minimum Gasteiger partial charge on any atom is -0.314 e. The molecule has 3 rings (SSSR count). The van der Waals surface area contributed by atoms with Crippen LogP contribution >= 0.6 is 27.3 Å². The van der Waals surface area contributed by atoms with Crippen molar-refractivity contribution in [3.8, 4) is 5.82 Å². The minimum atomic E-state index is 0.755. The lowest BCUT2D eigenvalue weighted by molar-refractivity contribution is 0.755. The van der Waals surface area contributed by atoms with Crippen LogP contribution in [0.4, 0.5) is 0 Å². The lowest BCUT2D eigenvalue weighted by Crippen LogP contribution is -2.10. The number of fused-ring (bicyclic) bond motifs is 1. The average Bonchev–Trinajstić information content (AvgIpc) is 2.95. The van der Waals surface area contributed by atoms with Crippen molar-refractivity contribution in [1.29, 1.82) is 0 Å². The molecule has 0 aromatic carbocycles. The van der Waals surface area contributed by atoms with Crippen LogP contribution in [0.1, 0.15) is 5.69 Å². The number of imidazole rings is 1. The minimum absolute atomic E-state index is 0.755. The van der Waals surface area contributed by atoms with Gasteiger partial charge in [0, 0.05) is 24.3 Å². The monoisotopic (exact) mass is 311 g/mol. The van der Waals surface area contributed by atoms with E-state index in [9.17, 15) is 0 Å². The fourth-order valence-corrected chi connectivity index (χ4v) is 2.77. The largest absolute Gasteiger partial charge is 0.314 e. The molecule has 0 atom stereocenters. The summed E-state index contributed by atoms with van der Waals surface area (Å²) in [5.74, 6) is 0.872. The summed E-state index contributed by atoms with van der Waals surface area (Å²) in [4.78, 5) is 5.58. The van der Waals surface area contributed by atoms with E-state index in [1.54, 1.807) is 22.2 Å². The van der Waals surface area contributed by atoms with Gasteiger partial charge in [-0.1, -0.05) is 0 Å². The van der Waals surface area contributed by atoms with Crippen molar-refractivity contribution in [2.45, 2.75) is 6.54 Å². The molecule has 17 heavy (non-hydrogen) atoms. The van der Waals surface area contributed by atoms with Crippen LogP contribution in [-0.2, 0) is 6.54 Å². The number of thiazole rings is 1. The lowest BCUT2D eigenvalue weighted by atomic mass is 10.4. The van der Waals surface area contributed by atoms with E-state index in [0.29, 0.717) is 0 Å². The Bertz CT molecular complexity index is 653. The summed E-state index contributed by atoms with van der Waals surface area (Å²) >= 11 is 5.02. The summed E-state index contributed by atoms with van der Waals surface area (Å²) < 4.78 is 4.83. The van der Waals surface area contributed by atoms with Gasteiger partial charge in [-0.05, 0) is 23.0 Å². The van der Waals surface area contributed by atoms with E-state index in [2.05, 4.69) is 35.7 Å². The highest BCUT2D eigenvalue weighted by Crippen LogP contribution is 2.21. The second-order valence-electron chi connectivity index (χ2n) is 3.57. The Balaban J connectivity index is 2.20.